The van der Waals surface area contributed by atoms with Gasteiger partial charge in [-0.15, -0.1) is 0 Å². The summed E-state index contributed by atoms with van der Waals surface area (Å²) in [6, 6.07) is 8.43. The Morgan fingerprint density at radius 3 is 3.00 bits per heavy atom. The second-order valence-electron chi connectivity index (χ2n) is 5.14. The Balaban J connectivity index is 1.80. The average molecular weight is 257 g/mol. The first-order chi connectivity index (χ1) is 9.34. The molecular weight excluding hydrogens is 238 g/mol. The number of hydrogen-bond donors (Lipinski definition) is 1. The molecule has 1 unspecified atom stereocenters. The number of carbonyl (C=O) groups excluding carboxylic acids is 1. The third-order valence-corrected chi connectivity index (χ3v) is 3.89. The van der Waals surface area contributed by atoms with Gasteiger partial charge in [0, 0.05) is 30.9 Å². The fraction of sp³-hybridized carbons (Fsp3) is 0.467. The van der Waals surface area contributed by atoms with Crippen molar-refractivity contribution in [1.82, 2.24) is 5.32 Å². The molecule has 0 radical (unpaired) electrons. The summed E-state index contributed by atoms with van der Waals surface area (Å²) in [7, 11) is 0. The Morgan fingerprint density at radius 1 is 1.37 bits per heavy atom. The van der Waals surface area contributed by atoms with Gasteiger partial charge < -0.3 is 10.2 Å². The minimum atomic E-state index is 0.139. The van der Waals surface area contributed by atoms with Crippen molar-refractivity contribution in [1.29, 1.82) is 0 Å². The monoisotopic (exact) mass is 257 g/mol. The van der Waals surface area contributed by atoms with Crippen LogP contribution in [0.2, 0.25) is 0 Å². The van der Waals surface area contributed by atoms with Crippen molar-refractivity contribution in [3.63, 3.8) is 0 Å². The van der Waals surface area contributed by atoms with Gasteiger partial charge in [-0.25, -0.2) is 0 Å². The molecule has 3 rings (SSSR count). The summed E-state index contributed by atoms with van der Waals surface area (Å²) in [4.78, 5) is 18.3. The molecule has 1 atom stereocenters. The molecule has 1 fully saturated rings. The molecule has 100 valence electrons. The van der Waals surface area contributed by atoms with Gasteiger partial charge in [0.1, 0.15) is 0 Å². The average Bonchev–Trinajstić information content (AvgIpc) is 2.86. The number of benzene rings is 1. The summed E-state index contributed by atoms with van der Waals surface area (Å²) in [6.45, 7) is 3.51. The molecule has 2 aliphatic heterocycles. The number of aliphatic imine (C=N–C) groups is 1. The number of carbonyl (C=O) groups is 1. The SMILES string of the molecule is O=C1NCCC1Cc1ccccc1N1CC=NCC1. The highest BCUT2D eigenvalue weighted by Crippen LogP contribution is 2.25. The van der Waals surface area contributed by atoms with Gasteiger partial charge in [-0.3, -0.25) is 9.79 Å². The van der Waals surface area contributed by atoms with Crippen LogP contribution in [-0.2, 0) is 11.2 Å². The van der Waals surface area contributed by atoms with E-state index >= 15 is 0 Å². The molecule has 0 aromatic heterocycles. The van der Waals surface area contributed by atoms with E-state index in [1.165, 1.54) is 11.3 Å². The molecule has 1 aromatic rings. The summed E-state index contributed by atoms with van der Waals surface area (Å²) in [6.07, 6.45) is 3.77. The predicted octanol–water partition coefficient (Wildman–Crippen LogP) is 1.26. The fourth-order valence-corrected chi connectivity index (χ4v) is 2.83. The van der Waals surface area contributed by atoms with Crippen molar-refractivity contribution < 1.29 is 4.79 Å². The number of nitrogens with zero attached hydrogens (tertiary/aromatic N) is 2. The summed E-state index contributed by atoms with van der Waals surface area (Å²) in [5.41, 5.74) is 2.54. The number of amides is 1. The zero-order chi connectivity index (χ0) is 13.1. The van der Waals surface area contributed by atoms with Gasteiger partial charge in [-0.2, -0.15) is 0 Å². The van der Waals surface area contributed by atoms with E-state index in [4.69, 9.17) is 0 Å². The Bertz CT molecular complexity index is 498. The van der Waals surface area contributed by atoms with Crippen molar-refractivity contribution in [3.05, 3.63) is 29.8 Å². The molecule has 4 heteroatoms. The summed E-state index contributed by atoms with van der Waals surface area (Å²) in [5.74, 6) is 0.342. The van der Waals surface area contributed by atoms with Crippen LogP contribution in [0, 0.1) is 5.92 Å². The maximum Gasteiger partial charge on any atom is 0.223 e. The van der Waals surface area contributed by atoms with Crippen LogP contribution in [0.4, 0.5) is 5.69 Å². The van der Waals surface area contributed by atoms with Crippen molar-refractivity contribution in [2.45, 2.75) is 12.8 Å². The van der Waals surface area contributed by atoms with Gasteiger partial charge in [0.05, 0.1) is 13.1 Å². The van der Waals surface area contributed by atoms with Gasteiger partial charge in [0.25, 0.3) is 0 Å². The van der Waals surface area contributed by atoms with Crippen LogP contribution in [0.25, 0.3) is 0 Å². The highest BCUT2D eigenvalue weighted by atomic mass is 16.2. The van der Waals surface area contributed by atoms with Crippen LogP contribution in [0.1, 0.15) is 12.0 Å². The summed E-state index contributed by atoms with van der Waals surface area (Å²) >= 11 is 0. The zero-order valence-corrected chi connectivity index (χ0v) is 11.0. The van der Waals surface area contributed by atoms with E-state index in [9.17, 15) is 4.79 Å². The van der Waals surface area contributed by atoms with Crippen LogP contribution in [-0.4, -0.2) is 38.3 Å². The maximum absolute atomic E-state index is 11.7. The van der Waals surface area contributed by atoms with E-state index in [-0.39, 0.29) is 11.8 Å². The van der Waals surface area contributed by atoms with Crippen LogP contribution >= 0.6 is 0 Å². The van der Waals surface area contributed by atoms with E-state index in [0.717, 1.165) is 39.0 Å². The lowest BCUT2D eigenvalue weighted by molar-refractivity contribution is -0.122. The minimum absolute atomic E-state index is 0.139. The standard InChI is InChI=1S/C15H19N3O/c19-15-13(5-6-17-15)11-12-3-1-2-4-14(12)18-9-7-16-8-10-18/h1-4,7,13H,5-6,8-11H2,(H,17,19). The van der Waals surface area contributed by atoms with E-state index in [1.807, 2.05) is 6.21 Å². The number of para-hydroxylation sites is 1. The Morgan fingerprint density at radius 2 is 2.26 bits per heavy atom. The second kappa shape index (κ2) is 5.43. The van der Waals surface area contributed by atoms with Crippen molar-refractivity contribution in [2.75, 3.05) is 31.1 Å². The molecule has 0 spiro atoms. The van der Waals surface area contributed by atoms with Gasteiger partial charge in [-0.05, 0) is 24.5 Å². The molecule has 4 nitrogen and oxygen atoms in total. The van der Waals surface area contributed by atoms with E-state index in [1.54, 1.807) is 0 Å². The van der Waals surface area contributed by atoms with Crippen molar-refractivity contribution in [2.24, 2.45) is 10.9 Å². The normalized spacial score (nSPS) is 22.6. The molecular formula is C15H19N3O. The molecule has 1 saturated heterocycles. The first kappa shape index (κ1) is 12.2. The second-order valence-corrected chi connectivity index (χ2v) is 5.14. The lowest BCUT2D eigenvalue weighted by Crippen LogP contribution is -2.32. The number of rotatable bonds is 3. The zero-order valence-electron chi connectivity index (χ0n) is 11.0. The summed E-state index contributed by atoms with van der Waals surface area (Å²) < 4.78 is 0. The Kier molecular flexibility index (Phi) is 3.49. The Labute approximate surface area is 113 Å². The molecule has 2 aliphatic rings. The van der Waals surface area contributed by atoms with Gasteiger partial charge in [-0.1, -0.05) is 18.2 Å². The maximum atomic E-state index is 11.7. The predicted molar refractivity (Wildman–Crippen MR) is 76.8 cm³/mol. The quantitative estimate of drug-likeness (QED) is 0.886. The molecule has 1 aromatic carbocycles. The number of anilines is 1. The highest BCUT2D eigenvalue weighted by Gasteiger charge is 2.25. The molecule has 19 heavy (non-hydrogen) atoms. The van der Waals surface area contributed by atoms with E-state index in [0.29, 0.717) is 0 Å². The van der Waals surface area contributed by atoms with Crippen molar-refractivity contribution in [3.8, 4) is 0 Å². The van der Waals surface area contributed by atoms with Gasteiger partial charge >= 0.3 is 0 Å². The van der Waals surface area contributed by atoms with Crippen LogP contribution in [0.5, 0.6) is 0 Å². The van der Waals surface area contributed by atoms with Crippen molar-refractivity contribution >= 4 is 17.8 Å². The molecule has 2 heterocycles. The van der Waals surface area contributed by atoms with Gasteiger partial charge in [0.15, 0.2) is 0 Å². The van der Waals surface area contributed by atoms with E-state index in [2.05, 4.69) is 39.5 Å². The fourth-order valence-electron chi connectivity index (χ4n) is 2.83. The summed E-state index contributed by atoms with van der Waals surface area (Å²) in [5, 5.41) is 2.92. The largest absolute Gasteiger partial charge is 0.364 e. The lowest BCUT2D eigenvalue weighted by Gasteiger charge is -2.27. The molecule has 1 amide bonds. The first-order valence-corrected chi connectivity index (χ1v) is 6.93. The molecule has 0 bridgehead atoms. The smallest absolute Gasteiger partial charge is 0.223 e. The number of nitrogens with one attached hydrogen (secondary N) is 1. The molecule has 0 saturated carbocycles. The van der Waals surface area contributed by atoms with Crippen LogP contribution in [0.15, 0.2) is 29.3 Å². The molecule has 0 aliphatic carbocycles. The van der Waals surface area contributed by atoms with Crippen LogP contribution in [0.3, 0.4) is 0 Å². The number of hydrogen-bond acceptors (Lipinski definition) is 3. The first-order valence-electron chi connectivity index (χ1n) is 6.93. The van der Waals surface area contributed by atoms with E-state index < -0.39 is 0 Å². The lowest BCUT2D eigenvalue weighted by atomic mass is 9.96. The van der Waals surface area contributed by atoms with Gasteiger partial charge in [0.2, 0.25) is 5.91 Å². The topological polar surface area (TPSA) is 44.7 Å². The highest BCUT2D eigenvalue weighted by molar-refractivity contribution is 5.81. The third kappa shape index (κ3) is 2.62. The Hall–Kier alpha value is -1.84. The third-order valence-electron chi connectivity index (χ3n) is 3.89. The van der Waals surface area contributed by atoms with Crippen LogP contribution < -0.4 is 10.2 Å². The molecule has 1 N–H and O–H groups in total. The minimum Gasteiger partial charge on any atom is -0.364 e.